The van der Waals surface area contributed by atoms with Gasteiger partial charge in [0, 0.05) is 13.0 Å². The Bertz CT molecular complexity index is 290. The highest BCUT2D eigenvalue weighted by Crippen LogP contribution is 2.44. The highest BCUT2D eigenvalue weighted by atomic mass is 19.4. The largest absolute Gasteiger partial charge is 0.390 e. The first-order valence-electron chi connectivity index (χ1n) is 7.49. The van der Waals surface area contributed by atoms with Crippen molar-refractivity contribution >= 4 is 0 Å². The monoisotopic (exact) mass is 296 g/mol. The number of hydrogen-bond acceptors (Lipinski definition) is 2. The van der Waals surface area contributed by atoms with Gasteiger partial charge >= 0.3 is 6.18 Å². The first-order valence-corrected chi connectivity index (χ1v) is 7.49. The third kappa shape index (κ3) is 5.24. The molecule has 0 aromatic carbocycles. The minimum absolute atomic E-state index is 0.0388. The summed E-state index contributed by atoms with van der Waals surface area (Å²) >= 11 is 0. The van der Waals surface area contributed by atoms with Gasteiger partial charge in [0.05, 0.1) is 11.7 Å². The first-order chi connectivity index (χ1) is 9.10. The number of hydrogen-bond donors (Lipinski definition) is 1. The Morgan fingerprint density at radius 3 is 2.15 bits per heavy atom. The van der Waals surface area contributed by atoms with Crippen molar-refractivity contribution in [3.05, 3.63) is 0 Å². The van der Waals surface area contributed by atoms with Gasteiger partial charge in [-0.15, -0.1) is 0 Å². The van der Waals surface area contributed by atoms with E-state index in [-0.39, 0.29) is 18.3 Å². The summed E-state index contributed by atoms with van der Waals surface area (Å²) in [6, 6.07) is 0. The van der Waals surface area contributed by atoms with Crippen LogP contribution in [-0.2, 0) is 4.74 Å². The van der Waals surface area contributed by atoms with Crippen molar-refractivity contribution in [3.63, 3.8) is 0 Å². The van der Waals surface area contributed by atoms with E-state index in [9.17, 15) is 18.3 Å². The Kier molecular flexibility index (Phi) is 5.90. The second kappa shape index (κ2) is 6.65. The van der Waals surface area contributed by atoms with Crippen LogP contribution in [0.25, 0.3) is 0 Å². The molecule has 1 aliphatic rings. The highest BCUT2D eigenvalue weighted by Gasteiger charge is 2.44. The molecule has 0 saturated heterocycles. The van der Waals surface area contributed by atoms with Crippen molar-refractivity contribution in [2.45, 2.75) is 83.6 Å². The molecule has 0 bridgehead atoms. The van der Waals surface area contributed by atoms with Gasteiger partial charge in [0.25, 0.3) is 0 Å². The molecule has 1 aliphatic carbocycles. The van der Waals surface area contributed by atoms with Crippen LogP contribution in [0, 0.1) is 5.41 Å². The molecule has 1 unspecified atom stereocenters. The lowest BCUT2D eigenvalue weighted by Gasteiger charge is -2.46. The summed E-state index contributed by atoms with van der Waals surface area (Å²) < 4.78 is 42.3. The number of aliphatic hydroxyl groups is 1. The molecule has 1 fully saturated rings. The van der Waals surface area contributed by atoms with E-state index in [1.165, 1.54) is 0 Å². The minimum Gasteiger partial charge on any atom is -0.390 e. The van der Waals surface area contributed by atoms with Crippen molar-refractivity contribution in [2.24, 2.45) is 5.41 Å². The Morgan fingerprint density at radius 2 is 1.70 bits per heavy atom. The highest BCUT2D eigenvalue weighted by molar-refractivity contribution is 4.95. The van der Waals surface area contributed by atoms with E-state index in [1.54, 1.807) is 0 Å². The summed E-state index contributed by atoms with van der Waals surface area (Å²) in [6.07, 6.45) is -2.36. The fraction of sp³-hybridized carbons (Fsp3) is 1.00. The van der Waals surface area contributed by atoms with E-state index in [0.29, 0.717) is 6.61 Å². The predicted molar refractivity (Wildman–Crippen MR) is 72.5 cm³/mol. The quantitative estimate of drug-likeness (QED) is 0.784. The van der Waals surface area contributed by atoms with Gasteiger partial charge in [-0.25, -0.2) is 0 Å². The number of rotatable bonds is 6. The molecular formula is C15H27F3O2. The summed E-state index contributed by atoms with van der Waals surface area (Å²) in [6.45, 7) is 6.71. The van der Waals surface area contributed by atoms with Gasteiger partial charge in [0.1, 0.15) is 0 Å². The van der Waals surface area contributed by atoms with E-state index < -0.39 is 24.3 Å². The van der Waals surface area contributed by atoms with Gasteiger partial charge in [-0.2, -0.15) is 13.2 Å². The lowest BCUT2D eigenvalue weighted by atomic mass is 9.68. The molecule has 0 aliphatic heterocycles. The number of alkyl halides is 3. The zero-order valence-electron chi connectivity index (χ0n) is 12.7. The molecule has 1 atom stereocenters. The molecular weight excluding hydrogens is 269 g/mol. The SMILES string of the molecule is CCOC1(C(O)CCCC(F)(F)F)CCC(C)(C)CC1. The molecule has 0 spiro atoms. The number of halogens is 3. The Morgan fingerprint density at radius 1 is 1.15 bits per heavy atom. The van der Waals surface area contributed by atoms with Gasteiger partial charge in [-0.3, -0.25) is 0 Å². The van der Waals surface area contributed by atoms with Crippen LogP contribution in [-0.4, -0.2) is 29.6 Å². The average Bonchev–Trinajstić information content (AvgIpc) is 2.30. The lowest BCUT2D eigenvalue weighted by Crippen LogP contribution is -2.49. The van der Waals surface area contributed by atoms with Crippen molar-refractivity contribution in [1.82, 2.24) is 0 Å². The van der Waals surface area contributed by atoms with E-state index in [1.807, 2.05) is 6.92 Å². The Balaban J connectivity index is 2.57. The summed E-state index contributed by atoms with van der Waals surface area (Å²) in [4.78, 5) is 0. The van der Waals surface area contributed by atoms with Gasteiger partial charge in [-0.05, 0) is 50.9 Å². The molecule has 0 heterocycles. The molecule has 2 nitrogen and oxygen atoms in total. The maximum Gasteiger partial charge on any atom is 0.389 e. The van der Waals surface area contributed by atoms with Crippen molar-refractivity contribution in [1.29, 1.82) is 0 Å². The van der Waals surface area contributed by atoms with Crippen LogP contribution in [0.1, 0.15) is 65.7 Å². The van der Waals surface area contributed by atoms with E-state index in [0.717, 1.165) is 25.7 Å². The zero-order chi connectivity index (χ0) is 15.4. The second-order valence-corrected chi connectivity index (χ2v) is 6.69. The summed E-state index contributed by atoms with van der Waals surface area (Å²) in [5.74, 6) is 0. The van der Waals surface area contributed by atoms with Crippen LogP contribution in [0.2, 0.25) is 0 Å². The molecule has 0 aromatic heterocycles. The van der Waals surface area contributed by atoms with Crippen molar-refractivity contribution < 1.29 is 23.0 Å². The van der Waals surface area contributed by atoms with Crippen LogP contribution in [0.15, 0.2) is 0 Å². The fourth-order valence-electron chi connectivity index (χ4n) is 2.97. The van der Waals surface area contributed by atoms with E-state index >= 15 is 0 Å². The first kappa shape index (κ1) is 17.8. The molecule has 0 amide bonds. The summed E-state index contributed by atoms with van der Waals surface area (Å²) in [5.41, 5.74) is -0.415. The molecule has 20 heavy (non-hydrogen) atoms. The molecule has 1 saturated carbocycles. The number of ether oxygens (including phenoxy) is 1. The van der Waals surface area contributed by atoms with E-state index in [4.69, 9.17) is 4.74 Å². The summed E-state index contributed by atoms with van der Waals surface area (Å²) in [5, 5.41) is 10.3. The molecule has 0 aromatic rings. The smallest absolute Gasteiger partial charge is 0.389 e. The molecule has 5 heteroatoms. The van der Waals surface area contributed by atoms with Gasteiger partial charge in [0.15, 0.2) is 0 Å². The van der Waals surface area contributed by atoms with E-state index in [2.05, 4.69) is 13.8 Å². The second-order valence-electron chi connectivity index (χ2n) is 6.69. The van der Waals surface area contributed by atoms with Gasteiger partial charge in [-0.1, -0.05) is 13.8 Å². The van der Waals surface area contributed by atoms with Gasteiger partial charge < -0.3 is 9.84 Å². The fourth-order valence-corrected chi connectivity index (χ4v) is 2.97. The Labute approximate surface area is 119 Å². The van der Waals surface area contributed by atoms with Crippen LogP contribution in [0.4, 0.5) is 13.2 Å². The van der Waals surface area contributed by atoms with Crippen molar-refractivity contribution in [2.75, 3.05) is 6.61 Å². The number of aliphatic hydroxyl groups excluding tert-OH is 1. The third-order valence-corrected chi connectivity index (χ3v) is 4.43. The van der Waals surface area contributed by atoms with Crippen LogP contribution >= 0.6 is 0 Å². The maximum atomic E-state index is 12.2. The normalized spacial score (nSPS) is 23.6. The van der Waals surface area contributed by atoms with Crippen LogP contribution in [0.3, 0.4) is 0 Å². The zero-order valence-corrected chi connectivity index (χ0v) is 12.7. The molecule has 0 radical (unpaired) electrons. The van der Waals surface area contributed by atoms with Crippen LogP contribution < -0.4 is 0 Å². The third-order valence-electron chi connectivity index (χ3n) is 4.43. The molecule has 120 valence electrons. The van der Waals surface area contributed by atoms with Gasteiger partial charge in [0.2, 0.25) is 0 Å². The topological polar surface area (TPSA) is 29.5 Å². The summed E-state index contributed by atoms with van der Waals surface area (Å²) in [7, 11) is 0. The Hall–Kier alpha value is -0.290. The maximum absolute atomic E-state index is 12.2. The molecule has 1 rings (SSSR count). The average molecular weight is 296 g/mol. The minimum atomic E-state index is -4.15. The standard InChI is InChI=1S/C15H27F3O2/c1-4-20-14(10-8-13(2,3)9-11-14)12(19)6-5-7-15(16,17)18/h12,19H,4-11H2,1-3H3. The predicted octanol–water partition coefficient (Wildman–Crippen LogP) is 4.46. The van der Waals surface area contributed by atoms with Crippen LogP contribution in [0.5, 0.6) is 0 Å². The van der Waals surface area contributed by atoms with Crippen molar-refractivity contribution in [3.8, 4) is 0 Å². The lowest BCUT2D eigenvalue weighted by molar-refractivity contribution is -0.160. The molecule has 1 N–H and O–H groups in total.